The molecule has 17 heavy (non-hydrogen) atoms. The molecular formula is C13H10N4. The molecule has 1 aromatic carbocycles. The van der Waals surface area contributed by atoms with Crippen molar-refractivity contribution in [2.75, 3.05) is 0 Å². The molecule has 0 radical (unpaired) electrons. The van der Waals surface area contributed by atoms with E-state index in [0.29, 0.717) is 0 Å². The summed E-state index contributed by atoms with van der Waals surface area (Å²) >= 11 is 0. The summed E-state index contributed by atoms with van der Waals surface area (Å²) in [6.07, 6.45) is 5.06. The molecule has 3 rings (SSSR count). The van der Waals surface area contributed by atoms with Gasteiger partial charge in [-0.3, -0.25) is 4.98 Å². The van der Waals surface area contributed by atoms with E-state index in [9.17, 15) is 0 Å². The molecule has 0 bridgehead atoms. The van der Waals surface area contributed by atoms with Gasteiger partial charge in [-0.25, -0.2) is 9.67 Å². The summed E-state index contributed by atoms with van der Waals surface area (Å²) in [5.41, 5.74) is 2.00. The zero-order chi connectivity index (χ0) is 11.5. The van der Waals surface area contributed by atoms with Crippen molar-refractivity contribution in [3.63, 3.8) is 0 Å². The number of pyridine rings is 1. The standard InChI is InChI=1S/C13H10N4/c1-2-4-12(5-3-1)17-13(15-10-16-17)11-6-8-14-9-7-11/h1-10H. The summed E-state index contributed by atoms with van der Waals surface area (Å²) in [5.74, 6) is 0.818. The molecular weight excluding hydrogens is 212 g/mol. The van der Waals surface area contributed by atoms with E-state index in [1.165, 1.54) is 0 Å². The molecule has 4 nitrogen and oxygen atoms in total. The first kappa shape index (κ1) is 9.72. The summed E-state index contributed by atoms with van der Waals surface area (Å²) in [7, 11) is 0. The minimum absolute atomic E-state index is 0.818. The Kier molecular flexibility index (Phi) is 2.38. The molecule has 2 aromatic heterocycles. The largest absolute Gasteiger partial charge is 0.265 e. The molecule has 0 saturated carbocycles. The highest BCUT2D eigenvalue weighted by atomic mass is 15.3. The summed E-state index contributed by atoms with van der Waals surface area (Å²) in [5, 5.41) is 4.25. The third-order valence-corrected chi connectivity index (χ3v) is 2.49. The van der Waals surface area contributed by atoms with E-state index in [0.717, 1.165) is 17.1 Å². The van der Waals surface area contributed by atoms with E-state index < -0.39 is 0 Å². The first-order chi connectivity index (χ1) is 8.45. The number of aromatic nitrogens is 4. The molecule has 4 heteroatoms. The zero-order valence-electron chi connectivity index (χ0n) is 9.06. The summed E-state index contributed by atoms with van der Waals surface area (Å²) in [6.45, 7) is 0. The van der Waals surface area contributed by atoms with Gasteiger partial charge in [-0.2, -0.15) is 5.10 Å². The Morgan fingerprint density at radius 2 is 1.65 bits per heavy atom. The third-order valence-electron chi connectivity index (χ3n) is 2.49. The Morgan fingerprint density at radius 3 is 2.41 bits per heavy atom. The van der Waals surface area contributed by atoms with Gasteiger partial charge in [-0.1, -0.05) is 18.2 Å². The lowest BCUT2D eigenvalue weighted by atomic mass is 10.2. The lowest BCUT2D eigenvalue weighted by molar-refractivity contribution is 0.887. The molecule has 0 aliphatic heterocycles. The van der Waals surface area contributed by atoms with Crippen molar-refractivity contribution in [1.29, 1.82) is 0 Å². The monoisotopic (exact) mass is 222 g/mol. The SMILES string of the molecule is c1ccc(-n2ncnc2-c2ccncc2)cc1. The van der Waals surface area contributed by atoms with Crippen LogP contribution in [0.5, 0.6) is 0 Å². The smallest absolute Gasteiger partial charge is 0.163 e. The van der Waals surface area contributed by atoms with Crippen molar-refractivity contribution < 1.29 is 0 Å². The van der Waals surface area contributed by atoms with Crippen molar-refractivity contribution in [1.82, 2.24) is 19.7 Å². The molecule has 0 atom stereocenters. The highest BCUT2D eigenvalue weighted by molar-refractivity contribution is 5.56. The second kappa shape index (κ2) is 4.17. The van der Waals surface area contributed by atoms with E-state index in [2.05, 4.69) is 15.1 Å². The Balaban J connectivity index is 2.13. The molecule has 82 valence electrons. The number of hydrogen-bond donors (Lipinski definition) is 0. The van der Waals surface area contributed by atoms with Crippen molar-refractivity contribution in [3.05, 3.63) is 61.2 Å². The van der Waals surface area contributed by atoms with E-state index in [1.807, 2.05) is 47.1 Å². The van der Waals surface area contributed by atoms with Crippen molar-refractivity contribution in [3.8, 4) is 17.1 Å². The highest BCUT2D eigenvalue weighted by Crippen LogP contribution is 2.18. The van der Waals surface area contributed by atoms with Gasteiger partial charge in [0.25, 0.3) is 0 Å². The molecule has 0 aliphatic rings. The third kappa shape index (κ3) is 1.80. The normalized spacial score (nSPS) is 10.4. The van der Waals surface area contributed by atoms with Gasteiger partial charge in [-0.05, 0) is 24.3 Å². The van der Waals surface area contributed by atoms with Gasteiger partial charge in [0.2, 0.25) is 0 Å². The number of para-hydroxylation sites is 1. The van der Waals surface area contributed by atoms with Crippen LogP contribution >= 0.6 is 0 Å². The fourth-order valence-electron chi connectivity index (χ4n) is 1.70. The molecule has 0 aliphatic carbocycles. The minimum Gasteiger partial charge on any atom is -0.265 e. The van der Waals surface area contributed by atoms with Gasteiger partial charge in [0.15, 0.2) is 5.82 Å². The molecule has 0 fully saturated rings. The Labute approximate surface area is 98.6 Å². The molecule has 2 heterocycles. The molecule has 0 unspecified atom stereocenters. The lowest BCUT2D eigenvalue weighted by Gasteiger charge is -2.05. The Bertz CT molecular complexity index is 548. The van der Waals surface area contributed by atoms with E-state index in [-0.39, 0.29) is 0 Å². The highest BCUT2D eigenvalue weighted by Gasteiger charge is 2.07. The number of rotatable bonds is 2. The Morgan fingerprint density at radius 1 is 0.882 bits per heavy atom. The van der Waals surface area contributed by atoms with Crippen LogP contribution in [0.15, 0.2) is 61.2 Å². The predicted octanol–water partition coefficient (Wildman–Crippen LogP) is 2.33. The van der Waals surface area contributed by atoms with Crippen molar-refractivity contribution in [2.45, 2.75) is 0 Å². The maximum absolute atomic E-state index is 4.29. The van der Waals surface area contributed by atoms with E-state index in [4.69, 9.17) is 0 Å². The van der Waals surface area contributed by atoms with Gasteiger partial charge in [0.05, 0.1) is 5.69 Å². The summed E-state index contributed by atoms with van der Waals surface area (Å²) in [6, 6.07) is 13.8. The topological polar surface area (TPSA) is 43.6 Å². The second-order valence-electron chi connectivity index (χ2n) is 3.57. The minimum atomic E-state index is 0.818. The summed E-state index contributed by atoms with van der Waals surface area (Å²) < 4.78 is 1.81. The molecule has 3 aromatic rings. The maximum atomic E-state index is 4.29. The predicted molar refractivity (Wildman–Crippen MR) is 64.6 cm³/mol. The fourth-order valence-corrected chi connectivity index (χ4v) is 1.70. The van der Waals surface area contributed by atoms with E-state index in [1.54, 1.807) is 18.7 Å². The zero-order valence-corrected chi connectivity index (χ0v) is 9.06. The van der Waals surface area contributed by atoms with Crippen LogP contribution < -0.4 is 0 Å². The van der Waals surface area contributed by atoms with Crippen LogP contribution in [0.2, 0.25) is 0 Å². The van der Waals surface area contributed by atoms with Crippen LogP contribution in [0.25, 0.3) is 17.1 Å². The van der Waals surface area contributed by atoms with Crippen LogP contribution in [0.3, 0.4) is 0 Å². The van der Waals surface area contributed by atoms with E-state index >= 15 is 0 Å². The van der Waals surface area contributed by atoms with Gasteiger partial charge in [0, 0.05) is 18.0 Å². The summed E-state index contributed by atoms with van der Waals surface area (Å²) in [4.78, 5) is 8.29. The van der Waals surface area contributed by atoms with Crippen LogP contribution in [0, 0.1) is 0 Å². The van der Waals surface area contributed by atoms with Crippen LogP contribution in [-0.4, -0.2) is 19.7 Å². The average molecular weight is 222 g/mol. The number of benzene rings is 1. The van der Waals surface area contributed by atoms with Crippen LogP contribution in [-0.2, 0) is 0 Å². The average Bonchev–Trinajstić information content (AvgIpc) is 2.90. The fraction of sp³-hybridized carbons (Fsp3) is 0. The van der Waals surface area contributed by atoms with Gasteiger partial charge < -0.3 is 0 Å². The number of nitrogens with zero attached hydrogens (tertiary/aromatic N) is 4. The second-order valence-corrected chi connectivity index (χ2v) is 3.57. The van der Waals surface area contributed by atoms with Crippen molar-refractivity contribution >= 4 is 0 Å². The number of hydrogen-bond acceptors (Lipinski definition) is 3. The van der Waals surface area contributed by atoms with Crippen LogP contribution in [0.1, 0.15) is 0 Å². The molecule has 0 N–H and O–H groups in total. The van der Waals surface area contributed by atoms with Gasteiger partial charge in [-0.15, -0.1) is 0 Å². The first-order valence-electron chi connectivity index (χ1n) is 5.31. The Hall–Kier alpha value is -2.49. The first-order valence-corrected chi connectivity index (χ1v) is 5.31. The molecule has 0 spiro atoms. The maximum Gasteiger partial charge on any atom is 0.163 e. The lowest BCUT2D eigenvalue weighted by Crippen LogP contribution is -1.98. The molecule has 0 amide bonds. The van der Waals surface area contributed by atoms with Gasteiger partial charge in [0.1, 0.15) is 6.33 Å². The van der Waals surface area contributed by atoms with Crippen molar-refractivity contribution in [2.24, 2.45) is 0 Å². The molecule has 0 saturated heterocycles. The quantitative estimate of drug-likeness (QED) is 0.668. The van der Waals surface area contributed by atoms with Crippen LogP contribution in [0.4, 0.5) is 0 Å². The van der Waals surface area contributed by atoms with Gasteiger partial charge >= 0.3 is 0 Å².